The Hall–Kier alpha value is -0.240. The molecule has 0 bridgehead atoms. The van der Waals surface area contributed by atoms with Gasteiger partial charge in [-0.3, -0.25) is 0 Å². The fourth-order valence-electron chi connectivity index (χ4n) is 0.743. The van der Waals surface area contributed by atoms with E-state index in [1.54, 1.807) is 12.1 Å². The molecule has 1 rings (SSSR count). The van der Waals surface area contributed by atoms with Crippen LogP contribution >= 0.6 is 23.2 Å². The second-order valence-corrected chi connectivity index (χ2v) is 3.09. The molecule has 0 aromatic heterocycles. The van der Waals surface area contributed by atoms with Crippen LogP contribution in [0.25, 0.3) is 0 Å². The monoisotopic (exact) mass is 188 g/mol. The van der Waals surface area contributed by atoms with Gasteiger partial charge in [-0.25, -0.2) is 0 Å². The lowest BCUT2D eigenvalue weighted by Crippen LogP contribution is -2.04. The van der Waals surface area contributed by atoms with Gasteiger partial charge in [0, 0.05) is 6.04 Å². The van der Waals surface area contributed by atoms with E-state index in [0.29, 0.717) is 10.0 Å². The number of nitrogens with two attached hydrogens (primary N) is 1. The van der Waals surface area contributed by atoms with Crippen molar-refractivity contribution in [1.82, 2.24) is 0 Å². The highest BCUT2D eigenvalue weighted by Gasteiger charge is 2.02. The van der Waals surface area contributed by atoms with Crippen LogP contribution in [-0.2, 0) is 0 Å². The van der Waals surface area contributed by atoms with Crippen LogP contribution < -0.4 is 5.73 Å². The smallest absolute Gasteiger partial charge is 0.0595 e. The summed E-state index contributed by atoms with van der Waals surface area (Å²) in [5.74, 6) is 0. The highest BCUT2D eigenvalue weighted by Crippen LogP contribution is 2.24. The number of rotatable bonds is 1. The van der Waals surface area contributed by atoms with Gasteiger partial charge in [0.25, 0.3) is 0 Å². The number of benzene rings is 1. The van der Waals surface area contributed by atoms with Gasteiger partial charge in [-0.1, -0.05) is 29.3 Å². The summed E-state index contributed by atoms with van der Waals surface area (Å²) in [6, 6.07) is 5.00. The largest absolute Gasteiger partial charge is 0.324 e. The van der Waals surface area contributed by atoms with Gasteiger partial charge < -0.3 is 5.73 Å². The molecule has 0 aliphatic heterocycles. The first-order valence-electron chi connectivity index (χ1n) is 3.15. The molecule has 59 valence electrons. The Morgan fingerprint density at radius 2 is 1.91 bits per heavy atom. The van der Waals surface area contributed by atoms with Crippen LogP contribution in [-0.4, -0.2) is 0 Å². The van der Waals surface area contributed by atoms with E-state index in [0.717, 1.165) is 5.56 Å². The molecule has 1 nitrogen and oxygen atoms in total. The van der Waals surface area contributed by atoms with Crippen LogP contribution in [0, 0.1) is 6.92 Å². The van der Waals surface area contributed by atoms with Gasteiger partial charge in [0.1, 0.15) is 0 Å². The van der Waals surface area contributed by atoms with E-state index in [1.807, 2.05) is 6.07 Å². The standard InChI is InChI=1S/C8H8Cl2N/c1-5(11)6-2-3-7(9)8(10)4-6/h2-5H,1,11H2. The summed E-state index contributed by atoms with van der Waals surface area (Å²) in [5.41, 5.74) is 6.41. The molecule has 11 heavy (non-hydrogen) atoms. The Balaban J connectivity index is 3.05. The second kappa shape index (κ2) is 3.44. The molecule has 1 unspecified atom stereocenters. The first kappa shape index (κ1) is 8.85. The van der Waals surface area contributed by atoms with Gasteiger partial charge in [-0.05, 0) is 24.6 Å². The summed E-state index contributed by atoms with van der Waals surface area (Å²) < 4.78 is 0. The van der Waals surface area contributed by atoms with Crippen molar-refractivity contribution < 1.29 is 0 Å². The SMILES string of the molecule is [CH2]C(N)c1ccc(Cl)c(Cl)c1. The van der Waals surface area contributed by atoms with Crippen molar-refractivity contribution in [2.75, 3.05) is 0 Å². The first-order valence-corrected chi connectivity index (χ1v) is 3.90. The van der Waals surface area contributed by atoms with Gasteiger partial charge in [0.15, 0.2) is 0 Å². The van der Waals surface area contributed by atoms with Crippen LogP contribution in [0.15, 0.2) is 18.2 Å². The molecule has 0 saturated carbocycles. The summed E-state index contributed by atoms with van der Waals surface area (Å²) in [5, 5.41) is 1.05. The van der Waals surface area contributed by atoms with E-state index in [-0.39, 0.29) is 6.04 Å². The summed E-state index contributed by atoms with van der Waals surface area (Å²) >= 11 is 11.4. The molecule has 1 atom stereocenters. The van der Waals surface area contributed by atoms with Gasteiger partial charge >= 0.3 is 0 Å². The van der Waals surface area contributed by atoms with E-state index in [1.165, 1.54) is 0 Å². The molecule has 1 aromatic rings. The van der Waals surface area contributed by atoms with Crippen LogP contribution in [0.5, 0.6) is 0 Å². The highest BCUT2D eigenvalue weighted by atomic mass is 35.5. The van der Waals surface area contributed by atoms with Gasteiger partial charge in [0.05, 0.1) is 10.0 Å². The maximum absolute atomic E-state index is 5.74. The third kappa shape index (κ3) is 2.09. The summed E-state index contributed by atoms with van der Waals surface area (Å²) in [6.45, 7) is 3.66. The molecular formula is C8H8Cl2N. The predicted molar refractivity (Wildman–Crippen MR) is 48.7 cm³/mol. The molecule has 3 heteroatoms. The Labute approximate surface area is 76.1 Å². The third-order valence-corrected chi connectivity index (χ3v) is 2.11. The average Bonchev–Trinajstić information content (AvgIpc) is 1.94. The fourth-order valence-corrected chi connectivity index (χ4v) is 1.05. The molecule has 1 radical (unpaired) electrons. The Bertz CT molecular complexity index is 258. The van der Waals surface area contributed by atoms with Crippen LogP contribution in [0.1, 0.15) is 11.6 Å². The van der Waals surface area contributed by atoms with E-state index in [2.05, 4.69) is 6.92 Å². The van der Waals surface area contributed by atoms with Crippen LogP contribution in [0.4, 0.5) is 0 Å². The average molecular weight is 189 g/mol. The summed E-state index contributed by atoms with van der Waals surface area (Å²) in [6.07, 6.45) is 0. The number of hydrogen-bond donors (Lipinski definition) is 1. The Morgan fingerprint density at radius 3 is 2.36 bits per heavy atom. The first-order chi connectivity index (χ1) is 5.11. The van der Waals surface area contributed by atoms with E-state index in [9.17, 15) is 0 Å². The molecule has 0 fully saturated rings. The zero-order valence-electron chi connectivity index (χ0n) is 5.85. The lowest BCUT2D eigenvalue weighted by Gasteiger charge is -2.05. The number of hydrogen-bond acceptors (Lipinski definition) is 1. The lowest BCUT2D eigenvalue weighted by molar-refractivity contribution is 0.908. The van der Waals surface area contributed by atoms with Crippen LogP contribution in [0.3, 0.4) is 0 Å². The topological polar surface area (TPSA) is 26.0 Å². The summed E-state index contributed by atoms with van der Waals surface area (Å²) in [4.78, 5) is 0. The maximum atomic E-state index is 5.74. The molecule has 0 aliphatic carbocycles. The van der Waals surface area contributed by atoms with Crippen molar-refractivity contribution >= 4 is 23.2 Å². The van der Waals surface area contributed by atoms with Crippen LogP contribution in [0.2, 0.25) is 10.0 Å². The molecule has 1 aromatic carbocycles. The Morgan fingerprint density at radius 1 is 1.27 bits per heavy atom. The fraction of sp³-hybridized carbons (Fsp3) is 0.125. The molecule has 0 spiro atoms. The van der Waals surface area contributed by atoms with Crippen molar-refractivity contribution in [3.63, 3.8) is 0 Å². The van der Waals surface area contributed by atoms with E-state index in [4.69, 9.17) is 28.9 Å². The van der Waals surface area contributed by atoms with Crippen molar-refractivity contribution in [3.05, 3.63) is 40.7 Å². The minimum absolute atomic E-state index is 0.246. The van der Waals surface area contributed by atoms with Gasteiger partial charge in [0.2, 0.25) is 0 Å². The molecule has 0 aliphatic rings. The lowest BCUT2D eigenvalue weighted by atomic mass is 10.1. The van der Waals surface area contributed by atoms with Gasteiger partial charge in [-0.15, -0.1) is 0 Å². The molecular weight excluding hydrogens is 181 g/mol. The van der Waals surface area contributed by atoms with E-state index < -0.39 is 0 Å². The zero-order valence-corrected chi connectivity index (χ0v) is 7.36. The third-order valence-electron chi connectivity index (χ3n) is 1.37. The minimum atomic E-state index is -0.246. The normalized spacial score (nSPS) is 13.1. The van der Waals surface area contributed by atoms with Crippen molar-refractivity contribution in [2.24, 2.45) is 5.73 Å². The summed E-state index contributed by atoms with van der Waals surface area (Å²) in [7, 11) is 0. The zero-order chi connectivity index (χ0) is 8.43. The molecule has 0 heterocycles. The molecule has 0 saturated heterocycles. The highest BCUT2D eigenvalue weighted by molar-refractivity contribution is 6.42. The van der Waals surface area contributed by atoms with E-state index >= 15 is 0 Å². The minimum Gasteiger partial charge on any atom is -0.324 e. The Kier molecular flexibility index (Phi) is 2.77. The van der Waals surface area contributed by atoms with Crippen molar-refractivity contribution in [1.29, 1.82) is 0 Å². The quantitative estimate of drug-likeness (QED) is 0.722. The second-order valence-electron chi connectivity index (χ2n) is 2.28. The van der Waals surface area contributed by atoms with Crippen molar-refractivity contribution in [2.45, 2.75) is 6.04 Å². The molecule has 0 amide bonds. The number of halogens is 2. The van der Waals surface area contributed by atoms with Gasteiger partial charge in [-0.2, -0.15) is 0 Å². The molecule has 2 N–H and O–H groups in total. The predicted octanol–water partition coefficient (Wildman–Crippen LogP) is 2.83. The van der Waals surface area contributed by atoms with Crippen molar-refractivity contribution in [3.8, 4) is 0 Å². The maximum Gasteiger partial charge on any atom is 0.0595 e.